The van der Waals surface area contributed by atoms with Crippen LogP contribution >= 0.6 is 0 Å². The van der Waals surface area contributed by atoms with Gasteiger partial charge in [-0.05, 0) is 24.3 Å². The van der Waals surface area contributed by atoms with E-state index in [0.717, 1.165) is 0 Å². The highest BCUT2D eigenvalue weighted by Gasteiger charge is 2.18. The number of ketones is 1. The van der Waals surface area contributed by atoms with E-state index >= 15 is 0 Å². The van der Waals surface area contributed by atoms with Gasteiger partial charge < -0.3 is 24.3 Å². The van der Waals surface area contributed by atoms with Crippen LogP contribution in [0, 0.1) is 5.92 Å². The molecule has 0 aliphatic rings. The molecule has 8 heteroatoms. The van der Waals surface area contributed by atoms with E-state index in [1.165, 1.54) is 0 Å². The molecule has 3 aromatic rings. The normalized spacial score (nSPS) is 11.0. The first kappa shape index (κ1) is 20.2. The Balaban J connectivity index is 1.74. The van der Waals surface area contributed by atoms with Crippen LogP contribution in [0.3, 0.4) is 0 Å². The van der Waals surface area contributed by atoms with Crippen LogP contribution in [0.1, 0.15) is 45.3 Å². The molecule has 29 heavy (non-hydrogen) atoms. The molecule has 3 rings (SSSR count). The molecule has 0 unspecified atom stereocenters. The number of anilines is 2. The lowest BCUT2D eigenvalue weighted by Crippen LogP contribution is -2.15. The first-order valence-electron chi connectivity index (χ1n) is 9.28. The Bertz CT molecular complexity index is 1080. The van der Waals surface area contributed by atoms with Crippen LogP contribution in [0.25, 0.3) is 0 Å². The van der Waals surface area contributed by atoms with Crippen LogP contribution in [0.2, 0.25) is 0 Å². The standard InChI is InChI=1S/C21H25N5O3/c1-13(2)19(27)17-9-14(11-25(17)4)23-21(29)18-10-15(12-26(18)5)22-20(28)16-7-6-8-24(16)3/h6-13H,1-5H3,(H,22,28)(H,23,29). The summed E-state index contributed by atoms with van der Waals surface area (Å²) in [6.45, 7) is 3.67. The Hall–Kier alpha value is -3.55. The summed E-state index contributed by atoms with van der Waals surface area (Å²) >= 11 is 0. The Kier molecular flexibility index (Phi) is 5.45. The lowest BCUT2D eigenvalue weighted by molar-refractivity contribution is 0.0930. The SMILES string of the molecule is CC(C)C(=O)c1cc(NC(=O)c2cc(NC(=O)c3cccn3C)cn2C)cn1C. The predicted molar refractivity (Wildman–Crippen MR) is 111 cm³/mol. The minimum Gasteiger partial charge on any atom is -0.347 e. The van der Waals surface area contributed by atoms with Crippen molar-refractivity contribution in [2.24, 2.45) is 27.1 Å². The molecular weight excluding hydrogens is 370 g/mol. The average Bonchev–Trinajstić information content (AvgIpc) is 3.33. The van der Waals surface area contributed by atoms with Crippen LogP contribution < -0.4 is 10.6 Å². The molecule has 0 aliphatic heterocycles. The number of aryl methyl sites for hydroxylation is 3. The molecular formula is C21H25N5O3. The van der Waals surface area contributed by atoms with E-state index in [2.05, 4.69) is 10.6 Å². The first-order valence-corrected chi connectivity index (χ1v) is 9.28. The molecule has 8 nitrogen and oxygen atoms in total. The van der Waals surface area contributed by atoms with Crippen LogP contribution in [0.15, 0.2) is 42.9 Å². The summed E-state index contributed by atoms with van der Waals surface area (Å²) in [4.78, 5) is 37.3. The maximum absolute atomic E-state index is 12.7. The highest BCUT2D eigenvalue weighted by atomic mass is 16.2. The minimum absolute atomic E-state index is 0.0116. The molecule has 0 spiro atoms. The fourth-order valence-electron chi connectivity index (χ4n) is 3.12. The molecule has 3 aromatic heterocycles. The van der Waals surface area contributed by atoms with Crippen molar-refractivity contribution in [3.05, 3.63) is 59.9 Å². The number of carbonyl (C=O) groups is 3. The first-order chi connectivity index (χ1) is 13.7. The topological polar surface area (TPSA) is 90.1 Å². The minimum atomic E-state index is -0.332. The van der Waals surface area contributed by atoms with Gasteiger partial charge in [0.25, 0.3) is 11.8 Å². The summed E-state index contributed by atoms with van der Waals surface area (Å²) < 4.78 is 5.06. The largest absolute Gasteiger partial charge is 0.347 e. The van der Waals surface area contributed by atoms with E-state index in [4.69, 9.17) is 0 Å². The Labute approximate surface area is 169 Å². The van der Waals surface area contributed by atoms with E-state index < -0.39 is 0 Å². The summed E-state index contributed by atoms with van der Waals surface area (Å²) in [5, 5.41) is 5.60. The van der Waals surface area contributed by atoms with Gasteiger partial charge in [0, 0.05) is 45.7 Å². The Morgan fingerprint density at radius 2 is 1.31 bits per heavy atom. The van der Waals surface area contributed by atoms with Gasteiger partial charge in [-0.1, -0.05) is 13.8 Å². The lowest BCUT2D eigenvalue weighted by atomic mass is 10.1. The molecule has 0 saturated carbocycles. The van der Waals surface area contributed by atoms with Gasteiger partial charge in [0.15, 0.2) is 5.78 Å². The zero-order chi connectivity index (χ0) is 21.3. The van der Waals surface area contributed by atoms with E-state index in [9.17, 15) is 14.4 Å². The second kappa shape index (κ2) is 7.83. The smallest absolute Gasteiger partial charge is 0.272 e. The number of aromatic nitrogens is 3. The summed E-state index contributed by atoms with van der Waals surface area (Å²) in [5.74, 6) is -0.705. The highest BCUT2D eigenvalue weighted by molar-refractivity contribution is 6.07. The maximum Gasteiger partial charge on any atom is 0.272 e. The molecule has 0 aromatic carbocycles. The zero-order valence-electron chi connectivity index (χ0n) is 17.2. The van der Waals surface area contributed by atoms with Crippen molar-refractivity contribution >= 4 is 29.0 Å². The molecule has 0 fully saturated rings. The van der Waals surface area contributed by atoms with Crippen molar-refractivity contribution in [2.75, 3.05) is 10.6 Å². The van der Waals surface area contributed by atoms with Gasteiger partial charge in [-0.25, -0.2) is 0 Å². The molecule has 0 saturated heterocycles. The quantitative estimate of drug-likeness (QED) is 0.629. The van der Waals surface area contributed by atoms with Gasteiger partial charge >= 0.3 is 0 Å². The van der Waals surface area contributed by atoms with Crippen molar-refractivity contribution in [3.63, 3.8) is 0 Å². The summed E-state index contributed by atoms with van der Waals surface area (Å²) in [6.07, 6.45) is 5.17. The number of Topliss-reactive ketones (excluding diaryl/α,β-unsaturated/α-hetero) is 1. The fourth-order valence-corrected chi connectivity index (χ4v) is 3.12. The number of nitrogens with zero attached hydrogens (tertiary/aromatic N) is 3. The monoisotopic (exact) mass is 395 g/mol. The second-order valence-corrected chi connectivity index (χ2v) is 7.38. The number of hydrogen-bond acceptors (Lipinski definition) is 3. The summed E-state index contributed by atoms with van der Waals surface area (Å²) in [6, 6.07) is 6.79. The molecule has 0 atom stereocenters. The van der Waals surface area contributed by atoms with Crippen molar-refractivity contribution in [2.45, 2.75) is 13.8 Å². The van der Waals surface area contributed by atoms with Crippen molar-refractivity contribution in [3.8, 4) is 0 Å². The van der Waals surface area contributed by atoms with Gasteiger partial charge in [0.2, 0.25) is 0 Å². The van der Waals surface area contributed by atoms with Gasteiger partial charge in [0.1, 0.15) is 11.4 Å². The molecule has 152 valence electrons. The number of nitrogens with one attached hydrogen (secondary N) is 2. The zero-order valence-corrected chi connectivity index (χ0v) is 17.2. The fraction of sp³-hybridized carbons (Fsp3) is 0.286. The van der Waals surface area contributed by atoms with Crippen molar-refractivity contribution < 1.29 is 14.4 Å². The van der Waals surface area contributed by atoms with Crippen LogP contribution in [-0.2, 0) is 21.1 Å². The van der Waals surface area contributed by atoms with Gasteiger partial charge in [-0.15, -0.1) is 0 Å². The second-order valence-electron chi connectivity index (χ2n) is 7.38. The molecule has 2 amide bonds. The number of hydrogen-bond donors (Lipinski definition) is 2. The molecule has 3 heterocycles. The third-order valence-corrected chi connectivity index (χ3v) is 4.71. The van der Waals surface area contributed by atoms with Gasteiger partial charge in [0.05, 0.1) is 17.1 Å². The maximum atomic E-state index is 12.7. The van der Waals surface area contributed by atoms with Crippen LogP contribution in [-0.4, -0.2) is 31.3 Å². The van der Waals surface area contributed by atoms with Crippen molar-refractivity contribution in [1.82, 2.24) is 13.7 Å². The number of amides is 2. The Morgan fingerprint density at radius 3 is 1.83 bits per heavy atom. The predicted octanol–water partition coefficient (Wildman–Crippen LogP) is 3.05. The number of carbonyl (C=O) groups excluding carboxylic acids is 3. The van der Waals surface area contributed by atoms with Crippen LogP contribution in [0.4, 0.5) is 11.4 Å². The lowest BCUT2D eigenvalue weighted by Gasteiger charge is -2.04. The van der Waals surface area contributed by atoms with Crippen molar-refractivity contribution in [1.29, 1.82) is 0 Å². The molecule has 0 bridgehead atoms. The van der Waals surface area contributed by atoms with Gasteiger partial charge in [-0.3, -0.25) is 14.4 Å². The van der Waals surface area contributed by atoms with Gasteiger partial charge in [-0.2, -0.15) is 0 Å². The highest BCUT2D eigenvalue weighted by Crippen LogP contribution is 2.19. The molecule has 0 radical (unpaired) electrons. The molecule has 2 N–H and O–H groups in total. The molecule has 0 aliphatic carbocycles. The van der Waals surface area contributed by atoms with Crippen LogP contribution in [0.5, 0.6) is 0 Å². The van der Waals surface area contributed by atoms with E-state index in [0.29, 0.717) is 28.5 Å². The summed E-state index contributed by atoms with van der Waals surface area (Å²) in [7, 11) is 5.29. The van der Waals surface area contributed by atoms with E-state index in [-0.39, 0.29) is 23.5 Å². The average molecular weight is 395 g/mol. The van der Waals surface area contributed by atoms with E-state index in [1.807, 2.05) is 13.8 Å². The third kappa shape index (κ3) is 4.16. The Morgan fingerprint density at radius 1 is 0.793 bits per heavy atom. The summed E-state index contributed by atoms with van der Waals surface area (Å²) in [5.41, 5.74) is 2.50. The third-order valence-electron chi connectivity index (χ3n) is 4.71. The van der Waals surface area contributed by atoms with E-state index in [1.54, 1.807) is 77.7 Å². The number of rotatable bonds is 6.